The van der Waals surface area contributed by atoms with E-state index in [2.05, 4.69) is 15.0 Å². The zero-order valence-corrected chi connectivity index (χ0v) is 25.0. The fourth-order valence-corrected chi connectivity index (χ4v) is 5.96. The van der Waals surface area contributed by atoms with E-state index >= 15 is 0 Å². The fourth-order valence-electron chi connectivity index (χ4n) is 4.40. The third kappa shape index (κ3) is 5.75. The number of amides is 1. The molecule has 0 saturated carbocycles. The Morgan fingerprint density at radius 1 is 1.07 bits per heavy atom. The summed E-state index contributed by atoms with van der Waals surface area (Å²) in [5.41, 5.74) is 1.59. The third-order valence-corrected chi connectivity index (χ3v) is 8.21. The monoisotopic (exact) mass is 598 g/mol. The Bertz CT molecular complexity index is 1660. The summed E-state index contributed by atoms with van der Waals surface area (Å²) in [6.45, 7) is 8.46. The lowest BCUT2D eigenvalue weighted by Crippen LogP contribution is -2.50. The number of fused-ring (bicyclic) bond motifs is 2. The van der Waals surface area contributed by atoms with Crippen LogP contribution in [0.5, 0.6) is 16.7 Å². The Morgan fingerprint density at radius 2 is 1.88 bits per heavy atom. The van der Waals surface area contributed by atoms with Gasteiger partial charge in [-0.25, -0.2) is 19.3 Å². The molecule has 0 unspecified atom stereocenters. The molecule has 0 aliphatic carbocycles. The van der Waals surface area contributed by atoms with Crippen LogP contribution in [0.1, 0.15) is 26.5 Å². The zero-order chi connectivity index (χ0) is 28.7. The van der Waals surface area contributed by atoms with Gasteiger partial charge < -0.3 is 33.2 Å². The maximum absolute atomic E-state index is 12.4. The smallest absolute Gasteiger partial charge is 0.410 e. The molecule has 4 aromatic heterocycles. The second kappa shape index (κ2) is 10.7. The van der Waals surface area contributed by atoms with E-state index in [1.807, 2.05) is 44.4 Å². The van der Waals surface area contributed by atoms with Gasteiger partial charge in [-0.3, -0.25) is 0 Å². The van der Waals surface area contributed by atoms with E-state index in [0.717, 1.165) is 16.2 Å². The summed E-state index contributed by atoms with van der Waals surface area (Å²) in [5, 5.41) is 8.57. The molecule has 0 bridgehead atoms. The van der Waals surface area contributed by atoms with E-state index in [1.54, 1.807) is 41.2 Å². The normalized spacial score (nSPS) is 14.2. The molecule has 1 aromatic carbocycles. The van der Waals surface area contributed by atoms with Gasteiger partial charge in [-0.15, -0.1) is 16.4 Å². The first kappa shape index (κ1) is 27.1. The van der Waals surface area contributed by atoms with Crippen LogP contribution < -0.4 is 19.1 Å². The first-order valence-corrected chi connectivity index (χ1v) is 14.7. The number of benzene rings is 1. The van der Waals surface area contributed by atoms with Gasteiger partial charge in [0.1, 0.15) is 35.0 Å². The number of hydrogen-bond acceptors (Lipinski definition) is 12. The lowest BCUT2D eigenvalue weighted by Gasteiger charge is -2.35. The molecule has 0 radical (unpaired) electrons. The minimum Gasteiger partial charge on any atom is -0.496 e. The topological polar surface area (TPSA) is 117 Å². The number of furan rings is 1. The average Bonchev–Trinajstić information content (AvgIpc) is 3.73. The van der Waals surface area contributed by atoms with Crippen LogP contribution in [0.4, 0.5) is 9.93 Å². The van der Waals surface area contributed by atoms with E-state index in [9.17, 15) is 4.79 Å². The Labute approximate surface area is 244 Å². The number of carbonyl (C=O) groups excluding carboxylic acids is 1. The standard InChI is InChI=1S/C27H30N6O6S2/c1-27(2,3)39-26(34)32-8-6-31(7-9-32)23-28-16(15-40-23)14-37-20-10-17(35-4)11-21-18(20)12-22(38-21)19-13-33-24(29-19)41-25(30-33)36-5/h10-13,15H,6-9,14H2,1-5H3. The number of piperazine rings is 1. The van der Waals surface area contributed by atoms with Crippen LogP contribution in [0.2, 0.25) is 0 Å². The van der Waals surface area contributed by atoms with Crippen molar-refractivity contribution in [3.63, 3.8) is 0 Å². The minimum absolute atomic E-state index is 0.276. The lowest BCUT2D eigenvalue weighted by molar-refractivity contribution is 0.0240. The van der Waals surface area contributed by atoms with Crippen LogP contribution in [0, 0.1) is 0 Å². The molecule has 1 aliphatic heterocycles. The molecule has 1 aliphatic rings. The predicted octanol–water partition coefficient (Wildman–Crippen LogP) is 5.31. The van der Waals surface area contributed by atoms with Crippen molar-refractivity contribution >= 4 is 49.8 Å². The highest BCUT2D eigenvalue weighted by Gasteiger charge is 2.27. The van der Waals surface area contributed by atoms with Crippen molar-refractivity contribution in [2.75, 3.05) is 45.3 Å². The van der Waals surface area contributed by atoms with Gasteiger partial charge >= 0.3 is 6.09 Å². The van der Waals surface area contributed by atoms with Crippen molar-refractivity contribution < 1.29 is 28.2 Å². The van der Waals surface area contributed by atoms with Gasteiger partial charge in [0, 0.05) is 43.7 Å². The fraction of sp³-hybridized carbons (Fsp3) is 0.407. The van der Waals surface area contributed by atoms with Crippen molar-refractivity contribution in [1.82, 2.24) is 24.5 Å². The van der Waals surface area contributed by atoms with E-state index in [4.69, 9.17) is 28.3 Å². The molecular weight excluding hydrogens is 568 g/mol. The van der Waals surface area contributed by atoms with E-state index in [0.29, 0.717) is 64.9 Å². The Balaban J connectivity index is 1.14. The van der Waals surface area contributed by atoms with Gasteiger partial charge in [0.15, 0.2) is 10.9 Å². The quantitative estimate of drug-likeness (QED) is 0.244. The van der Waals surface area contributed by atoms with E-state index in [1.165, 1.54) is 11.3 Å². The molecule has 216 valence electrons. The average molecular weight is 599 g/mol. The Hall–Kier alpha value is -4.04. The van der Waals surface area contributed by atoms with Crippen molar-refractivity contribution in [3.05, 3.63) is 35.5 Å². The van der Waals surface area contributed by atoms with Gasteiger partial charge in [0.25, 0.3) is 5.19 Å². The Morgan fingerprint density at radius 3 is 2.59 bits per heavy atom. The van der Waals surface area contributed by atoms with Crippen molar-refractivity contribution in [2.45, 2.75) is 33.0 Å². The maximum atomic E-state index is 12.4. The van der Waals surface area contributed by atoms with Gasteiger partial charge in [-0.2, -0.15) is 0 Å². The number of rotatable bonds is 7. The molecule has 1 saturated heterocycles. The van der Waals surface area contributed by atoms with Crippen LogP contribution in [0.15, 0.2) is 34.2 Å². The number of methoxy groups -OCH3 is 2. The van der Waals surface area contributed by atoms with E-state index in [-0.39, 0.29) is 12.7 Å². The first-order valence-electron chi connectivity index (χ1n) is 13.0. The van der Waals surface area contributed by atoms with Crippen molar-refractivity contribution in [2.24, 2.45) is 0 Å². The van der Waals surface area contributed by atoms with Gasteiger partial charge in [-0.05, 0) is 38.2 Å². The summed E-state index contributed by atoms with van der Waals surface area (Å²) in [6, 6.07) is 5.57. The summed E-state index contributed by atoms with van der Waals surface area (Å²) >= 11 is 2.91. The number of anilines is 1. The molecule has 6 rings (SSSR count). The molecule has 0 spiro atoms. The van der Waals surface area contributed by atoms with Gasteiger partial charge in [-0.1, -0.05) is 0 Å². The Kier molecular flexibility index (Phi) is 7.11. The number of ether oxygens (including phenoxy) is 4. The van der Waals surface area contributed by atoms with Crippen molar-refractivity contribution in [1.29, 1.82) is 0 Å². The molecule has 14 heteroatoms. The summed E-state index contributed by atoms with van der Waals surface area (Å²) in [6.07, 6.45) is 1.52. The van der Waals surface area contributed by atoms with Crippen molar-refractivity contribution in [3.8, 4) is 28.1 Å². The lowest BCUT2D eigenvalue weighted by atomic mass is 10.2. The zero-order valence-electron chi connectivity index (χ0n) is 23.4. The van der Waals surface area contributed by atoms with Gasteiger partial charge in [0.05, 0.1) is 31.5 Å². The molecular formula is C27H30N6O6S2. The number of thiazole rings is 1. The van der Waals surface area contributed by atoms with E-state index < -0.39 is 5.60 Å². The number of hydrogen-bond donors (Lipinski definition) is 0. The summed E-state index contributed by atoms with van der Waals surface area (Å²) in [4.78, 5) is 26.4. The summed E-state index contributed by atoms with van der Waals surface area (Å²) in [7, 11) is 3.18. The van der Waals surface area contributed by atoms with Crippen LogP contribution in [-0.4, -0.2) is 76.6 Å². The molecule has 5 heterocycles. The highest BCUT2D eigenvalue weighted by Crippen LogP contribution is 2.38. The number of nitrogens with zero attached hydrogens (tertiary/aromatic N) is 6. The molecule has 0 N–H and O–H groups in total. The summed E-state index contributed by atoms with van der Waals surface area (Å²) < 4.78 is 30.2. The molecule has 5 aromatic rings. The third-order valence-electron chi connectivity index (χ3n) is 6.38. The van der Waals surface area contributed by atoms with Crippen LogP contribution >= 0.6 is 22.7 Å². The summed E-state index contributed by atoms with van der Waals surface area (Å²) in [5.74, 6) is 1.83. The highest BCUT2D eigenvalue weighted by atomic mass is 32.1. The van der Waals surface area contributed by atoms with Crippen LogP contribution in [-0.2, 0) is 11.3 Å². The largest absolute Gasteiger partial charge is 0.496 e. The molecule has 0 atom stereocenters. The second-order valence-corrected chi connectivity index (χ2v) is 12.2. The molecule has 1 amide bonds. The molecule has 41 heavy (non-hydrogen) atoms. The molecule has 12 nitrogen and oxygen atoms in total. The first-order chi connectivity index (χ1) is 19.7. The second-order valence-electron chi connectivity index (χ2n) is 10.4. The highest BCUT2D eigenvalue weighted by molar-refractivity contribution is 7.18. The number of aromatic nitrogens is 4. The van der Waals surface area contributed by atoms with Crippen LogP contribution in [0.3, 0.4) is 0 Å². The number of imidazole rings is 1. The minimum atomic E-state index is -0.507. The van der Waals surface area contributed by atoms with Gasteiger partial charge in [0.2, 0.25) is 4.96 Å². The SMILES string of the molecule is COc1cc(OCc2csc(N3CCN(C(=O)OC(C)(C)C)CC3)n2)c2cc(-c3cn4nc(OC)sc4n3)oc2c1. The molecule has 1 fully saturated rings. The van der Waals surface area contributed by atoms with Crippen LogP contribution in [0.25, 0.3) is 27.4 Å². The number of carbonyl (C=O) groups is 1. The maximum Gasteiger partial charge on any atom is 0.410 e. The predicted molar refractivity (Wildman–Crippen MR) is 156 cm³/mol.